The highest BCUT2D eigenvalue weighted by molar-refractivity contribution is 5.66. The van der Waals surface area contributed by atoms with Crippen molar-refractivity contribution in [3.63, 3.8) is 0 Å². The minimum atomic E-state index is 0.147. The van der Waals surface area contributed by atoms with Gasteiger partial charge in [0.2, 0.25) is 0 Å². The Morgan fingerprint density at radius 3 is 2.33 bits per heavy atom. The molecule has 0 amide bonds. The Hall–Kier alpha value is -2.12. The van der Waals surface area contributed by atoms with Crippen molar-refractivity contribution in [3.05, 3.63) is 83.5 Å². The third kappa shape index (κ3) is 8.41. The second-order valence-electron chi connectivity index (χ2n) is 7.33. The van der Waals surface area contributed by atoms with Gasteiger partial charge in [0.05, 0.1) is 0 Å². The predicted molar refractivity (Wildman–Crippen MR) is 124 cm³/mol. The average Bonchev–Trinajstić information content (AvgIpc) is 2.67. The fraction of sp³-hybridized carbons (Fsp3) is 0.385. The molecule has 146 valence electrons. The number of rotatable bonds is 11. The van der Waals surface area contributed by atoms with Gasteiger partial charge in [-0.25, -0.2) is 0 Å². The molecule has 0 aliphatic rings. The van der Waals surface area contributed by atoms with Crippen LogP contribution in [-0.2, 0) is 0 Å². The molecule has 1 aromatic carbocycles. The Bertz CT molecular complexity index is 696. The van der Waals surface area contributed by atoms with Crippen LogP contribution in [-0.4, -0.2) is 6.04 Å². The Morgan fingerprint density at radius 1 is 1.15 bits per heavy atom. The van der Waals surface area contributed by atoms with Gasteiger partial charge in [0.15, 0.2) is 0 Å². The number of hydrogen-bond acceptors (Lipinski definition) is 1. The summed E-state index contributed by atoms with van der Waals surface area (Å²) in [5.41, 5.74) is 13.6. The smallest absolute Gasteiger partial charge is 0.00510 e. The molecule has 0 radical (unpaired) electrons. The van der Waals surface area contributed by atoms with Crippen molar-refractivity contribution in [2.45, 2.75) is 65.8 Å². The summed E-state index contributed by atoms with van der Waals surface area (Å²) in [4.78, 5) is 0. The second-order valence-corrected chi connectivity index (χ2v) is 7.33. The topological polar surface area (TPSA) is 26.0 Å². The Kier molecular flexibility index (Phi) is 10.4. The van der Waals surface area contributed by atoms with E-state index in [1.165, 1.54) is 40.7 Å². The maximum Gasteiger partial charge on any atom is 0.00510 e. The van der Waals surface area contributed by atoms with Gasteiger partial charge in [-0.1, -0.05) is 87.6 Å². The first-order valence-corrected chi connectivity index (χ1v) is 10.2. The van der Waals surface area contributed by atoms with E-state index in [0.717, 1.165) is 24.8 Å². The summed E-state index contributed by atoms with van der Waals surface area (Å²) >= 11 is 0. The highest BCUT2D eigenvalue weighted by Crippen LogP contribution is 2.23. The molecule has 0 fully saturated rings. The standard InChI is InChI=1S/C26H37N/c1-7-10-11-20(4)26(18-22(6)27)19-24(9-3)13-12-21(5)25-16-14-23(8-2)15-17-25/h8,12-17,19,22H,2,4,7,9-11,18,27H2,1,3,5-6H3/b21-12+,24-13+,26-19+. The van der Waals surface area contributed by atoms with Crippen molar-refractivity contribution in [1.82, 2.24) is 0 Å². The number of unbranched alkanes of at least 4 members (excludes halogenated alkanes) is 1. The zero-order valence-electron chi connectivity index (χ0n) is 17.7. The van der Waals surface area contributed by atoms with Crippen LogP contribution >= 0.6 is 0 Å². The fourth-order valence-corrected chi connectivity index (χ4v) is 2.91. The Labute approximate surface area is 167 Å². The van der Waals surface area contributed by atoms with E-state index in [0.29, 0.717) is 0 Å². The predicted octanol–water partition coefficient (Wildman–Crippen LogP) is 7.48. The highest BCUT2D eigenvalue weighted by Gasteiger charge is 2.07. The van der Waals surface area contributed by atoms with Crippen molar-refractivity contribution in [1.29, 1.82) is 0 Å². The maximum absolute atomic E-state index is 6.08. The lowest BCUT2D eigenvalue weighted by molar-refractivity contribution is 0.716. The van der Waals surface area contributed by atoms with E-state index >= 15 is 0 Å². The zero-order valence-corrected chi connectivity index (χ0v) is 17.7. The molecule has 0 heterocycles. The molecular weight excluding hydrogens is 326 g/mol. The maximum atomic E-state index is 6.08. The van der Waals surface area contributed by atoms with Crippen molar-refractivity contribution in [3.8, 4) is 0 Å². The van der Waals surface area contributed by atoms with Crippen LogP contribution in [0.2, 0.25) is 0 Å². The molecule has 0 saturated heterocycles. The van der Waals surface area contributed by atoms with Gasteiger partial charge in [0.25, 0.3) is 0 Å². The molecule has 0 bridgehead atoms. The molecule has 0 aromatic heterocycles. The van der Waals surface area contributed by atoms with Crippen molar-refractivity contribution >= 4 is 11.6 Å². The van der Waals surface area contributed by atoms with Gasteiger partial charge in [0.1, 0.15) is 0 Å². The first-order valence-electron chi connectivity index (χ1n) is 10.2. The molecule has 2 N–H and O–H groups in total. The van der Waals surface area contributed by atoms with E-state index < -0.39 is 0 Å². The van der Waals surface area contributed by atoms with Crippen LogP contribution in [0.4, 0.5) is 0 Å². The molecule has 1 unspecified atom stereocenters. The summed E-state index contributed by atoms with van der Waals surface area (Å²) in [5, 5.41) is 0. The third-order valence-electron chi connectivity index (χ3n) is 4.75. The molecule has 1 nitrogen and oxygen atoms in total. The van der Waals surface area contributed by atoms with Crippen LogP contribution in [0.3, 0.4) is 0 Å². The van der Waals surface area contributed by atoms with Crippen LogP contribution in [0.15, 0.2) is 72.4 Å². The molecule has 1 aromatic rings. The molecule has 1 heteroatoms. The Morgan fingerprint density at radius 2 is 1.81 bits per heavy atom. The van der Waals surface area contributed by atoms with Gasteiger partial charge in [-0.3, -0.25) is 0 Å². The van der Waals surface area contributed by atoms with Gasteiger partial charge in [-0.15, -0.1) is 0 Å². The van der Waals surface area contributed by atoms with E-state index in [1.54, 1.807) is 0 Å². The van der Waals surface area contributed by atoms with Crippen LogP contribution in [0.5, 0.6) is 0 Å². The minimum Gasteiger partial charge on any atom is -0.328 e. The lowest BCUT2D eigenvalue weighted by Gasteiger charge is -2.14. The number of benzene rings is 1. The number of allylic oxidation sites excluding steroid dienone is 6. The van der Waals surface area contributed by atoms with Gasteiger partial charge < -0.3 is 5.73 Å². The van der Waals surface area contributed by atoms with Crippen LogP contribution in [0, 0.1) is 0 Å². The summed E-state index contributed by atoms with van der Waals surface area (Å²) in [7, 11) is 0. The van der Waals surface area contributed by atoms with Gasteiger partial charge >= 0.3 is 0 Å². The van der Waals surface area contributed by atoms with Crippen molar-refractivity contribution in [2.24, 2.45) is 5.73 Å². The Balaban J connectivity index is 3.06. The summed E-state index contributed by atoms with van der Waals surface area (Å²) in [6.07, 6.45) is 13.9. The van der Waals surface area contributed by atoms with Crippen molar-refractivity contribution in [2.75, 3.05) is 0 Å². The first kappa shape index (κ1) is 22.9. The van der Waals surface area contributed by atoms with Gasteiger partial charge in [-0.05, 0) is 67.4 Å². The van der Waals surface area contributed by atoms with Gasteiger partial charge in [-0.2, -0.15) is 0 Å². The molecule has 0 spiro atoms. The lowest BCUT2D eigenvalue weighted by Crippen LogP contribution is -2.16. The SMILES string of the molecule is C=Cc1ccc(/C(C)=C/C=C(/C=C(\CC(C)N)C(=C)CCCC)CC)cc1. The highest BCUT2D eigenvalue weighted by atomic mass is 14.6. The molecule has 0 saturated carbocycles. The minimum absolute atomic E-state index is 0.147. The van der Waals surface area contributed by atoms with Crippen LogP contribution in [0.1, 0.15) is 70.9 Å². The van der Waals surface area contributed by atoms with Crippen LogP contribution in [0.25, 0.3) is 11.6 Å². The molecule has 27 heavy (non-hydrogen) atoms. The average molecular weight is 364 g/mol. The monoisotopic (exact) mass is 363 g/mol. The van der Waals surface area contributed by atoms with Crippen molar-refractivity contribution < 1.29 is 0 Å². The second kappa shape index (κ2) is 12.3. The number of hydrogen-bond donors (Lipinski definition) is 1. The normalized spacial score (nSPS) is 14.2. The van der Waals surface area contributed by atoms with E-state index in [9.17, 15) is 0 Å². The van der Waals surface area contributed by atoms with E-state index in [4.69, 9.17) is 5.73 Å². The number of nitrogens with two attached hydrogens (primary N) is 1. The zero-order chi connectivity index (χ0) is 20.2. The van der Waals surface area contributed by atoms with Gasteiger partial charge in [0, 0.05) is 6.04 Å². The summed E-state index contributed by atoms with van der Waals surface area (Å²) < 4.78 is 0. The first-order chi connectivity index (χ1) is 12.9. The molecule has 0 aliphatic heterocycles. The van der Waals surface area contributed by atoms with Crippen LogP contribution < -0.4 is 5.73 Å². The van der Waals surface area contributed by atoms with E-state index in [2.05, 4.69) is 83.3 Å². The van der Waals surface area contributed by atoms with E-state index in [-0.39, 0.29) is 6.04 Å². The summed E-state index contributed by atoms with van der Waals surface area (Å²) in [6, 6.07) is 8.64. The molecule has 1 rings (SSSR count). The largest absolute Gasteiger partial charge is 0.328 e. The quantitative estimate of drug-likeness (QED) is 0.405. The van der Waals surface area contributed by atoms with E-state index in [1.807, 2.05) is 6.08 Å². The third-order valence-corrected chi connectivity index (χ3v) is 4.75. The summed E-state index contributed by atoms with van der Waals surface area (Å²) in [6.45, 7) is 16.8. The lowest BCUT2D eigenvalue weighted by atomic mass is 9.94. The molecule has 0 aliphatic carbocycles. The molecule has 1 atom stereocenters. The summed E-state index contributed by atoms with van der Waals surface area (Å²) in [5.74, 6) is 0. The molecular formula is C26H37N. The fourth-order valence-electron chi connectivity index (χ4n) is 2.91.